The Morgan fingerprint density at radius 1 is 1.09 bits per heavy atom. The Hall–Kier alpha value is -4.40. The number of benzene rings is 2. The summed E-state index contributed by atoms with van der Waals surface area (Å²) in [4.78, 5) is 37.4. The SMILES string of the molecule is CCC(OC(=O)c1ccc2nc(-c3cccnc3)[nH]c2c1)C(=O)Nc1ccc(OC)cc1OC. The van der Waals surface area contributed by atoms with E-state index >= 15 is 0 Å². The number of esters is 1. The average molecular weight is 460 g/mol. The quantitative estimate of drug-likeness (QED) is 0.378. The number of imidazole rings is 1. The van der Waals surface area contributed by atoms with Crippen LogP contribution in [0.2, 0.25) is 0 Å². The molecule has 0 bridgehead atoms. The van der Waals surface area contributed by atoms with Crippen molar-refractivity contribution in [3.8, 4) is 22.9 Å². The normalized spacial score (nSPS) is 11.6. The number of rotatable bonds is 8. The van der Waals surface area contributed by atoms with Gasteiger partial charge < -0.3 is 24.5 Å². The summed E-state index contributed by atoms with van der Waals surface area (Å²) in [6, 6.07) is 13.7. The van der Waals surface area contributed by atoms with Crippen molar-refractivity contribution in [3.05, 3.63) is 66.5 Å². The van der Waals surface area contributed by atoms with E-state index in [0.29, 0.717) is 46.0 Å². The van der Waals surface area contributed by atoms with Gasteiger partial charge in [-0.25, -0.2) is 9.78 Å². The lowest BCUT2D eigenvalue weighted by Crippen LogP contribution is -2.32. The maximum absolute atomic E-state index is 12.8. The number of anilines is 1. The standard InChI is InChI=1S/C25H24N4O5/c1-4-21(24(30)29-19-10-8-17(32-2)13-22(19)33-3)34-25(31)15-7-9-18-20(12-15)28-23(27-18)16-6-5-11-26-14-16/h5-14,21H,4H2,1-3H3,(H,27,28)(H,29,30). The van der Waals surface area contributed by atoms with Crippen molar-refractivity contribution in [2.45, 2.75) is 19.4 Å². The van der Waals surface area contributed by atoms with Gasteiger partial charge in [0.05, 0.1) is 36.5 Å². The number of methoxy groups -OCH3 is 2. The summed E-state index contributed by atoms with van der Waals surface area (Å²) in [6.45, 7) is 1.76. The molecule has 0 aliphatic heterocycles. The molecule has 4 aromatic rings. The van der Waals surface area contributed by atoms with Crippen LogP contribution in [-0.2, 0) is 9.53 Å². The number of hydrogen-bond acceptors (Lipinski definition) is 7. The second kappa shape index (κ2) is 10.0. The van der Waals surface area contributed by atoms with Crippen molar-refractivity contribution < 1.29 is 23.8 Å². The molecule has 9 heteroatoms. The van der Waals surface area contributed by atoms with Crippen LogP contribution in [0.25, 0.3) is 22.4 Å². The molecule has 2 aromatic carbocycles. The maximum atomic E-state index is 12.8. The van der Waals surface area contributed by atoms with Gasteiger partial charge in [0, 0.05) is 24.0 Å². The fraction of sp³-hybridized carbons (Fsp3) is 0.200. The molecule has 0 aliphatic rings. The molecule has 4 rings (SSSR count). The topological polar surface area (TPSA) is 115 Å². The number of aromatic amines is 1. The van der Waals surface area contributed by atoms with E-state index in [-0.39, 0.29) is 0 Å². The van der Waals surface area contributed by atoms with Gasteiger partial charge in [-0.05, 0) is 48.9 Å². The molecule has 0 spiro atoms. The molecule has 0 saturated carbocycles. The lowest BCUT2D eigenvalue weighted by molar-refractivity contribution is -0.124. The largest absolute Gasteiger partial charge is 0.497 e. The van der Waals surface area contributed by atoms with Crippen LogP contribution >= 0.6 is 0 Å². The first kappa shape index (κ1) is 22.8. The third-order valence-corrected chi connectivity index (χ3v) is 5.23. The lowest BCUT2D eigenvalue weighted by Gasteiger charge is -2.17. The first-order valence-electron chi connectivity index (χ1n) is 10.7. The molecule has 9 nitrogen and oxygen atoms in total. The number of nitrogens with zero attached hydrogens (tertiary/aromatic N) is 2. The van der Waals surface area contributed by atoms with Gasteiger partial charge in [0.2, 0.25) is 0 Å². The Kier molecular flexibility index (Phi) is 6.72. The Morgan fingerprint density at radius 3 is 2.65 bits per heavy atom. The van der Waals surface area contributed by atoms with Gasteiger partial charge in [-0.1, -0.05) is 6.92 Å². The third kappa shape index (κ3) is 4.83. The van der Waals surface area contributed by atoms with E-state index in [1.165, 1.54) is 7.11 Å². The molecule has 1 unspecified atom stereocenters. The monoisotopic (exact) mass is 460 g/mol. The van der Waals surface area contributed by atoms with E-state index in [4.69, 9.17) is 14.2 Å². The zero-order valence-electron chi connectivity index (χ0n) is 19.0. The fourth-order valence-electron chi connectivity index (χ4n) is 3.41. The van der Waals surface area contributed by atoms with Gasteiger partial charge in [-0.15, -0.1) is 0 Å². The molecule has 0 aliphatic carbocycles. The van der Waals surface area contributed by atoms with Crippen LogP contribution in [0.3, 0.4) is 0 Å². The molecule has 0 saturated heterocycles. The number of ether oxygens (including phenoxy) is 3. The molecule has 0 radical (unpaired) electrons. The minimum absolute atomic E-state index is 0.299. The molecule has 174 valence electrons. The summed E-state index contributed by atoms with van der Waals surface area (Å²) in [6.07, 6.45) is 2.70. The molecule has 2 heterocycles. The maximum Gasteiger partial charge on any atom is 0.338 e. The van der Waals surface area contributed by atoms with E-state index in [0.717, 1.165) is 5.56 Å². The zero-order valence-corrected chi connectivity index (χ0v) is 19.0. The number of aromatic nitrogens is 3. The molecule has 34 heavy (non-hydrogen) atoms. The fourth-order valence-corrected chi connectivity index (χ4v) is 3.41. The molecular formula is C25H24N4O5. The van der Waals surface area contributed by atoms with Crippen LogP contribution in [0.5, 0.6) is 11.5 Å². The first-order valence-corrected chi connectivity index (χ1v) is 10.7. The number of carbonyl (C=O) groups excluding carboxylic acids is 2. The first-order chi connectivity index (χ1) is 16.5. The van der Waals surface area contributed by atoms with Gasteiger partial charge in [0.25, 0.3) is 5.91 Å². The Labute approximate surface area is 196 Å². The number of H-pyrrole nitrogens is 1. The van der Waals surface area contributed by atoms with Gasteiger partial charge in [0.1, 0.15) is 17.3 Å². The van der Waals surface area contributed by atoms with Crippen LogP contribution in [0, 0.1) is 0 Å². The van der Waals surface area contributed by atoms with Gasteiger partial charge >= 0.3 is 5.97 Å². The van der Waals surface area contributed by atoms with Crippen molar-refractivity contribution in [2.24, 2.45) is 0 Å². The van der Waals surface area contributed by atoms with Crippen LogP contribution < -0.4 is 14.8 Å². The smallest absolute Gasteiger partial charge is 0.338 e. The van der Waals surface area contributed by atoms with Crippen LogP contribution in [0.4, 0.5) is 5.69 Å². The number of hydrogen-bond donors (Lipinski definition) is 2. The van der Waals surface area contributed by atoms with E-state index in [1.54, 1.807) is 62.8 Å². The van der Waals surface area contributed by atoms with Crippen LogP contribution in [0.15, 0.2) is 60.9 Å². The second-order valence-corrected chi connectivity index (χ2v) is 7.42. The van der Waals surface area contributed by atoms with Gasteiger partial charge in [-0.2, -0.15) is 0 Å². The highest BCUT2D eigenvalue weighted by Crippen LogP contribution is 2.29. The van der Waals surface area contributed by atoms with Crippen molar-refractivity contribution in [1.29, 1.82) is 0 Å². The minimum Gasteiger partial charge on any atom is -0.497 e. The van der Waals surface area contributed by atoms with Gasteiger partial charge in [0.15, 0.2) is 6.10 Å². The predicted molar refractivity (Wildman–Crippen MR) is 127 cm³/mol. The van der Waals surface area contributed by atoms with Gasteiger partial charge in [-0.3, -0.25) is 9.78 Å². The van der Waals surface area contributed by atoms with Crippen molar-refractivity contribution in [1.82, 2.24) is 15.0 Å². The highest BCUT2D eigenvalue weighted by molar-refractivity contribution is 5.99. The van der Waals surface area contributed by atoms with Crippen LogP contribution in [0.1, 0.15) is 23.7 Å². The third-order valence-electron chi connectivity index (χ3n) is 5.23. The Morgan fingerprint density at radius 2 is 1.94 bits per heavy atom. The Balaban J connectivity index is 1.48. The molecule has 2 N–H and O–H groups in total. The summed E-state index contributed by atoms with van der Waals surface area (Å²) in [5.74, 6) is 0.606. The predicted octanol–water partition coefficient (Wildman–Crippen LogP) is 4.22. The minimum atomic E-state index is -0.984. The number of fused-ring (bicyclic) bond motifs is 1. The van der Waals surface area contributed by atoms with Crippen molar-refractivity contribution in [2.75, 3.05) is 19.5 Å². The lowest BCUT2D eigenvalue weighted by atomic mass is 10.2. The summed E-state index contributed by atoms with van der Waals surface area (Å²) < 4.78 is 16.0. The Bertz CT molecular complexity index is 1320. The molecule has 2 aromatic heterocycles. The number of carbonyl (C=O) groups is 2. The number of pyridine rings is 1. The van der Waals surface area contributed by atoms with E-state index in [2.05, 4.69) is 20.3 Å². The summed E-state index contributed by atoms with van der Waals surface area (Å²) in [5, 5.41) is 2.75. The summed E-state index contributed by atoms with van der Waals surface area (Å²) in [7, 11) is 3.03. The number of nitrogens with one attached hydrogen (secondary N) is 2. The second-order valence-electron chi connectivity index (χ2n) is 7.42. The number of amides is 1. The molecule has 1 atom stereocenters. The van der Waals surface area contributed by atoms with E-state index in [9.17, 15) is 9.59 Å². The zero-order chi connectivity index (χ0) is 24.1. The van der Waals surface area contributed by atoms with Crippen LogP contribution in [-0.4, -0.2) is 47.2 Å². The molecular weight excluding hydrogens is 436 g/mol. The highest BCUT2D eigenvalue weighted by Gasteiger charge is 2.23. The van der Waals surface area contributed by atoms with Crippen molar-refractivity contribution in [3.63, 3.8) is 0 Å². The average Bonchev–Trinajstić information content (AvgIpc) is 3.31. The van der Waals surface area contributed by atoms with E-state index in [1.807, 2.05) is 12.1 Å². The van der Waals surface area contributed by atoms with Crippen molar-refractivity contribution >= 4 is 28.6 Å². The summed E-state index contributed by atoms with van der Waals surface area (Å²) >= 11 is 0. The van der Waals surface area contributed by atoms with E-state index < -0.39 is 18.0 Å². The molecule has 0 fully saturated rings. The molecule has 1 amide bonds. The highest BCUT2D eigenvalue weighted by atomic mass is 16.5. The summed E-state index contributed by atoms with van der Waals surface area (Å²) in [5.41, 5.74) is 2.96.